The summed E-state index contributed by atoms with van der Waals surface area (Å²) < 4.78 is 22.7. The minimum atomic E-state index is -2.39. The molecule has 156 valence electrons. The molecule has 0 aliphatic rings. The molecule has 5 nitrogen and oxygen atoms in total. The van der Waals surface area contributed by atoms with Gasteiger partial charge in [-0.25, -0.2) is 4.39 Å². The zero-order valence-corrected chi connectivity index (χ0v) is 18.5. The van der Waals surface area contributed by atoms with Crippen molar-refractivity contribution in [3.8, 4) is 0 Å². The van der Waals surface area contributed by atoms with Gasteiger partial charge >= 0.3 is 11.9 Å². The van der Waals surface area contributed by atoms with Crippen LogP contribution in [-0.2, 0) is 19.1 Å². The molecular weight excluding hydrogens is 379 g/mol. The van der Waals surface area contributed by atoms with Crippen molar-refractivity contribution in [1.29, 1.82) is 0 Å². The van der Waals surface area contributed by atoms with E-state index in [1.54, 1.807) is 18.2 Å². The normalized spacial score (nSPS) is 12.8. The Balaban J connectivity index is 3.15. The van der Waals surface area contributed by atoms with Gasteiger partial charge in [-0.05, 0) is 60.7 Å². The minimum Gasteiger partial charge on any atom is -0.468 e. The lowest BCUT2D eigenvalue weighted by Gasteiger charge is -2.35. The van der Waals surface area contributed by atoms with Crippen molar-refractivity contribution >= 4 is 25.8 Å². The number of esters is 2. The van der Waals surface area contributed by atoms with E-state index >= 15 is 0 Å². The van der Waals surface area contributed by atoms with Gasteiger partial charge in [-0.2, -0.15) is 0 Å². The van der Waals surface area contributed by atoms with Crippen LogP contribution in [0, 0.1) is 11.7 Å². The predicted molar refractivity (Wildman–Crippen MR) is 109 cm³/mol. The Labute approximate surface area is 167 Å². The number of carbonyl (C=O) groups excluding carboxylic acids is 2. The number of carbonyl (C=O) groups is 2. The van der Waals surface area contributed by atoms with Crippen molar-refractivity contribution in [2.24, 2.45) is 5.92 Å². The average molecular weight is 411 g/mol. The van der Waals surface area contributed by atoms with Crippen molar-refractivity contribution in [3.63, 3.8) is 0 Å². The Morgan fingerprint density at radius 2 is 1.64 bits per heavy atom. The lowest BCUT2D eigenvalue weighted by molar-refractivity contribution is -0.158. The molecule has 0 radical (unpaired) electrons. The van der Waals surface area contributed by atoms with E-state index in [2.05, 4.69) is 0 Å². The molecule has 0 unspecified atom stereocenters. The van der Waals surface area contributed by atoms with Gasteiger partial charge in [0.25, 0.3) is 0 Å². The molecule has 0 spiro atoms. The summed E-state index contributed by atoms with van der Waals surface area (Å²) in [5.74, 6) is -2.71. The van der Waals surface area contributed by atoms with Crippen LogP contribution in [0.15, 0.2) is 30.3 Å². The second-order valence-corrected chi connectivity index (χ2v) is 12.5. The molecule has 0 atom stereocenters. The molecule has 0 amide bonds. The molecule has 7 heteroatoms. The fraction of sp³-hybridized carbons (Fsp3) is 0.524. The molecule has 0 heterocycles. The van der Waals surface area contributed by atoms with Crippen LogP contribution in [0.25, 0.3) is 5.57 Å². The third-order valence-corrected chi connectivity index (χ3v) is 9.02. The number of methoxy groups -OCH3 is 2. The van der Waals surface area contributed by atoms with Gasteiger partial charge in [0.15, 0.2) is 14.2 Å². The van der Waals surface area contributed by atoms with Crippen LogP contribution < -0.4 is 0 Å². The van der Waals surface area contributed by atoms with Crippen molar-refractivity contribution in [2.45, 2.75) is 51.2 Å². The number of halogens is 1. The summed E-state index contributed by atoms with van der Waals surface area (Å²) in [7, 11) is 0.0540. The van der Waals surface area contributed by atoms with E-state index in [1.807, 2.05) is 26.9 Å². The number of benzene rings is 1. The van der Waals surface area contributed by atoms with E-state index in [9.17, 15) is 18.8 Å². The van der Waals surface area contributed by atoms with Crippen molar-refractivity contribution < 1.29 is 28.2 Å². The van der Waals surface area contributed by atoms with Crippen LogP contribution in [0.1, 0.15) is 38.7 Å². The second-order valence-electron chi connectivity index (χ2n) is 8.01. The topological polar surface area (TPSA) is 72.8 Å². The molecule has 0 bridgehead atoms. The highest BCUT2D eigenvalue weighted by Gasteiger charge is 2.37. The molecule has 0 saturated heterocycles. The lowest BCUT2D eigenvalue weighted by Crippen LogP contribution is -2.38. The molecule has 0 aliphatic heterocycles. The maximum atomic E-state index is 13.3. The Morgan fingerprint density at radius 3 is 2.07 bits per heavy atom. The number of hydrogen-bond acceptors (Lipinski definition) is 5. The highest BCUT2D eigenvalue weighted by molar-refractivity contribution is 6.72. The van der Waals surface area contributed by atoms with Gasteiger partial charge in [0.2, 0.25) is 0 Å². The number of ether oxygens (including phenoxy) is 2. The molecule has 0 fully saturated rings. The van der Waals surface area contributed by atoms with E-state index in [-0.39, 0.29) is 17.3 Å². The highest BCUT2D eigenvalue weighted by Crippen LogP contribution is 2.42. The Morgan fingerprint density at radius 1 is 1.14 bits per heavy atom. The first kappa shape index (κ1) is 24.0. The molecule has 28 heavy (non-hydrogen) atoms. The SMILES string of the molecule is COC(=O)C(C/C=C(\CCC(C)(C)[Si](C)(C)O)c1ccc(F)cc1)C(=O)OC. The fourth-order valence-electron chi connectivity index (χ4n) is 2.61. The summed E-state index contributed by atoms with van der Waals surface area (Å²) in [6, 6.07) is 6.08. The minimum absolute atomic E-state index is 0.117. The van der Waals surface area contributed by atoms with E-state index in [0.29, 0.717) is 12.8 Å². The third kappa shape index (κ3) is 6.56. The molecule has 0 aliphatic carbocycles. The van der Waals surface area contributed by atoms with E-state index < -0.39 is 26.2 Å². The van der Waals surface area contributed by atoms with Gasteiger partial charge in [0, 0.05) is 0 Å². The summed E-state index contributed by atoms with van der Waals surface area (Å²) >= 11 is 0. The smallest absolute Gasteiger partial charge is 0.320 e. The molecule has 1 rings (SSSR count). The second kappa shape index (κ2) is 9.98. The van der Waals surface area contributed by atoms with Gasteiger partial charge < -0.3 is 14.3 Å². The molecular formula is C21H31FO5Si. The summed E-state index contributed by atoms with van der Waals surface area (Å²) in [5, 5.41) is -0.240. The fourth-order valence-corrected chi connectivity index (χ4v) is 3.35. The Kier molecular flexibility index (Phi) is 8.57. The average Bonchev–Trinajstić information content (AvgIpc) is 2.63. The zero-order chi connectivity index (χ0) is 21.5. The van der Waals surface area contributed by atoms with E-state index in [1.165, 1.54) is 26.4 Å². The Hall–Kier alpha value is -1.99. The van der Waals surface area contributed by atoms with Crippen LogP contribution in [0.5, 0.6) is 0 Å². The summed E-state index contributed by atoms with van der Waals surface area (Å²) in [6.07, 6.45) is 3.25. The first-order valence-electron chi connectivity index (χ1n) is 9.26. The third-order valence-electron chi connectivity index (χ3n) is 5.46. The van der Waals surface area contributed by atoms with Gasteiger partial charge in [0.1, 0.15) is 5.82 Å². The highest BCUT2D eigenvalue weighted by atomic mass is 28.4. The monoisotopic (exact) mass is 410 g/mol. The van der Waals surface area contributed by atoms with Crippen molar-refractivity contribution in [2.75, 3.05) is 14.2 Å². The van der Waals surface area contributed by atoms with Gasteiger partial charge in [0.05, 0.1) is 14.2 Å². The van der Waals surface area contributed by atoms with E-state index in [4.69, 9.17) is 9.47 Å². The first-order valence-corrected chi connectivity index (χ1v) is 12.2. The number of rotatable bonds is 9. The van der Waals surface area contributed by atoms with Gasteiger partial charge in [-0.1, -0.05) is 32.1 Å². The summed E-state index contributed by atoms with van der Waals surface area (Å²) in [4.78, 5) is 34.4. The largest absolute Gasteiger partial charge is 0.468 e. The van der Waals surface area contributed by atoms with Gasteiger partial charge in [-0.3, -0.25) is 9.59 Å². The number of hydrogen-bond donors (Lipinski definition) is 1. The van der Waals surface area contributed by atoms with Crippen LogP contribution in [0.2, 0.25) is 18.1 Å². The first-order chi connectivity index (χ1) is 12.9. The van der Waals surface area contributed by atoms with Crippen molar-refractivity contribution in [1.82, 2.24) is 0 Å². The van der Waals surface area contributed by atoms with Gasteiger partial charge in [-0.15, -0.1) is 0 Å². The standard InChI is InChI=1S/C21H31FO5Si/c1-21(2,28(5,6)25)14-13-16(15-7-10-17(22)11-8-15)9-12-18(19(23)26-3)20(24)27-4/h7-11,18,25H,12-14H2,1-6H3/b16-9+. The molecule has 1 aromatic carbocycles. The maximum absolute atomic E-state index is 13.3. The molecule has 1 N–H and O–H groups in total. The van der Waals surface area contributed by atoms with E-state index in [0.717, 1.165) is 11.1 Å². The van der Waals surface area contributed by atoms with Crippen LogP contribution in [-0.4, -0.2) is 39.3 Å². The van der Waals surface area contributed by atoms with Crippen LogP contribution >= 0.6 is 0 Å². The summed E-state index contributed by atoms with van der Waals surface area (Å²) in [6.45, 7) is 7.87. The summed E-state index contributed by atoms with van der Waals surface area (Å²) in [5.41, 5.74) is 1.69. The lowest BCUT2D eigenvalue weighted by atomic mass is 9.93. The molecule has 1 aromatic rings. The Bertz CT molecular complexity index is 689. The predicted octanol–water partition coefficient (Wildman–Crippen LogP) is 4.32. The van der Waals surface area contributed by atoms with Crippen LogP contribution in [0.4, 0.5) is 4.39 Å². The maximum Gasteiger partial charge on any atom is 0.320 e. The molecule has 0 saturated carbocycles. The zero-order valence-electron chi connectivity index (χ0n) is 17.5. The van der Waals surface area contributed by atoms with Crippen molar-refractivity contribution in [3.05, 3.63) is 41.7 Å². The molecule has 0 aromatic heterocycles. The van der Waals surface area contributed by atoms with Crippen LogP contribution in [0.3, 0.4) is 0 Å². The number of allylic oxidation sites excluding steroid dienone is 2. The quantitative estimate of drug-likeness (QED) is 0.373.